The van der Waals surface area contributed by atoms with Crippen LogP contribution in [-0.2, 0) is 17.6 Å². The summed E-state index contributed by atoms with van der Waals surface area (Å²) < 4.78 is 0. The first-order valence-corrected chi connectivity index (χ1v) is 14.3. The van der Waals surface area contributed by atoms with E-state index in [1.807, 2.05) is 24.3 Å². The average molecular weight is 491 g/mol. The van der Waals surface area contributed by atoms with E-state index < -0.39 is 16.2 Å². The van der Waals surface area contributed by atoms with Gasteiger partial charge in [0.15, 0.2) is 0 Å². The number of halogens is 1. The third kappa shape index (κ3) is 5.70. The number of aliphatic carboxylic acids is 1. The summed E-state index contributed by atoms with van der Waals surface area (Å²) in [5.74, 6) is 0.173. The second kappa shape index (κ2) is 9.52. The molecule has 0 aromatic heterocycles. The van der Waals surface area contributed by atoms with Crippen molar-refractivity contribution in [3.8, 4) is 11.1 Å². The van der Waals surface area contributed by atoms with E-state index >= 15 is 0 Å². The number of carbonyl (C=O) groups is 1. The van der Waals surface area contributed by atoms with E-state index in [1.165, 1.54) is 16.1 Å². The number of anilines is 1. The topological polar surface area (TPSA) is 66.6 Å². The lowest BCUT2D eigenvalue weighted by Gasteiger charge is -2.35. The zero-order chi connectivity index (χ0) is 24.7. The predicted octanol–water partition coefficient (Wildman–Crippen LogP) is 6.82. The Bertz CT molecular complexity index is 1040. The fourth-order valence-corrected chi connectivity index (χ4v) is 7.51. The lowest BCUT2D eigenvalue weighted by atomic mass is 9.87. The third-order valence-electron chi connectivity index (χ3n) is 6.11. The standard InChI is InChI=1S/C22H27ClN2O2S.C5H12/c1-13-11-18-20(15-5-7-16(23)8-6-15)17(12-19(26)27)14(2)22-21(18)25(13)9-4-10-28(22,3)24;1-5(2,3)4/h5-8,13H,4,9-12,24H2,1-3H3,(H,26,27);1-4H3. The van der Waals surface area contributed by atoms with Gasteiger partial charge in [-0.2, -0.15) is 10.2 Å². The van der Waals surface area contributed by atoms with Crippen molar-refractivity contribution >= 4 is 33.5 Å². The molecule has 4 rings (SSSR count). The number of nitrogens with zero attached hydrogens (tertiary/aromatic N) is 1. The molecule has 2 atom stereocenters. The molecule has 2 aromatic carbocycles. The lowest BCUT2D eigenvalue weighted by Crippen LogP contribution is -2.30. The van der Waals surface area contributed by atoms with Crippen LogP contribution in [0.25, 0.3) is 11.1 Å². The largest absolute Gasteiger partial charge is 0.481 e. The maximum absolute atomic E-state index is 11.8. The molecule has 0 amide bonds. The predicted molar refractivity (Wildman–Crippen MR) is 144 cm³/mol. The lowest BCUT2D eigenvalue weighted by molar-refractivity contribution is -0.136. The van der Waals surface area contributed by atoms with Crippen molar-refractivity contribution in [1.29, 1.82) is 0 Å². The van der Waals surface area contributed by atoms with Crippen molar-refractivity contribution in [2.45, 2.75) is 71.7 Å². The molecule has 0 aliphatic carbocycles. The molecular formula is C27H39ClN2O2S. The molecule has 6 heteroatoms. The molecule has 2 aliphatic rings. The zero-order valence-electron chi connectivity index (χ0n) is 21.1. The van der Waals surface area contributed by atoms with Gasteiger partial charge in [-0.25, -0.2) is 0 Å². The Balaban J connectivity index is 0.000000555. The van der Waals surface area contributed by atoms with E-state index in [-0.39, 0.29) is 6.42 Å². The molecule has 2 heterocycles. The summed E-state index contributed by atoms with van der Waals surface area (Å²) in [5.41, 5.74) is 7.12. The molecular weight excluding hydrogens is 452 g/mol. The summed E-state index contributed by atoms with van der Waals surface area (Å²) in [6.07, 6.45) is 4.18. The molecule has 0 saturated heterocycles. The van der Waals surface area contributed by atoms with E-state index in [0.717, 1.165) is 47.4 Å². The highest BCUT2D eigenvalue weighted by Crippen LogP contribution is 2.59. The molecule has 0 fully saturated rings. The number of carboxylic acids is 1. The Kier molecular flexibility index (Phi) is 7.48. The van der Waals surface area contributed by atoms with Crippen LogP contribution in [0, 0.1) is 12.3 Å². The smallest absolute Gasteiger partial charge is 0.307 e. The van der Waals surface area contributed by atoms with Crippen LogP contribution in [0.15, 0.2) is 29.2 Å². The molecule has 2 unspecified atom stereocenters. The van der Waals surface area contributed by atoms with Crippen molar-refractivity contribution in [3.05, 3.63) is 46.0 Å². The minimum Gasteiger partial charge on any atom is -0.481 e. The molecule has 3 N–H and O–H groups in total. The second-order valence-electron chi connectivity index (χ2n) is 11.2. The first kappa shape index (κ1) is 25.9. The Morgan fingerprint density at radius 1 is 1.24 bits per heavy atom. The number of hydrogen-bond donors (Lipinski definition) is 2. The van der Waals surface area contributed by atoms with Gasteiger partial charge in [0.25, 0.3) is 0 Å². The van der Waals surface area contributed by atoms with Gasteiger partial charge >= 0.3 is 5.97 Å². The van der Waals surface area contributed by atoms with E-state index in [0.29, 0.717) is 16.5 Å². The molecule has 182 valence electrons. The van der Waals surface area contributed by atoms with Gasteiger partial charge in [-0.05, 0) is 84.1 Å². The van der Waals surface area contributed by atoms with E-state index in [1.54, 1.807) is 0 Å². The first-order chi connectivity index (χ1) is 15.2. The molecule has 0 radical (unpaired) electrons. The van der Waals surface area contributed by atoms with Crippen molar-refractivity contribution < 1.29 is 9.90 Å². The maximum atomic E-state index is 11.8. The van der Waals surface area contributed by atoms with Gasteiger partial charge in [0, 0.05) is 22.5 Å². The molecule has 4 nitrogen and oxygen atoms in total. The van der Waals surface area contributed by atoms with Crippen molar-refractivity contribution in [1.82, 2.24) is 0 Å². The van der Waals surface area contributed by atoms with Crippen LogP contribution >= 0.6 is 21.8 Å². The Morgan fingerprint density at radius 2 is 1.82 bits per heavy atom. The SMILES string of the molecule is CC(C)(C)C.Cc1c(CC(=O)O)c(-c2ccc(Cl)cc2)c2c3c1S(C)(N)CCCN3C(C)C2. The zero-order valence-corrected chi connectivity index (χ0v) is 22.7. The summed E-state index contributed by atoms with van der Waals surface area (Å²) >= 11 is 6.12. The molecule has 0 saturated carbocycles. The number of carboxylic acid groups (broad SMARTS) is 1. The average Bonchev–Trinajstić information content (AvgIpc) is 2.88. The number of rotatable bonds is 3. The van der Waals surface area contributed by atoms with Gasteiger partial charge in [-0.1, -0.05) is 51.4 Å². The van der Waals surface area contributed by atoms with Crippen molar-refractivity contribution in [2.75, 3.05) is 23.5 Å². The van der Waals surface area contributed by atoms with E-state index in [4.69, 9.17) is 16.7 Å². The van der Waals surface area contributed by atoms with Crippen LogP contribution in [0.4, 0.5) is 5.69 Å². The van der Waals surface area contributed by atoms with Crippen LogP contribution in [0.5, 0.6) is 0 Å². The van der Waals surface area contributed by atoms with Gasteiger partial charge < -0.3 is 10.0 Å². The minimum absolute atomic E-state index is 0.00791. The fraction of sp³-hybridized carbons (Fsp3) is 0.519. The van der Waals surface area contributed by atoms with Crippen molar-refractivity contribution in [2.24, 2.45) is 10.6 Å². The monoisotopic (exact) mass is 490 g/mol. The Hall–Kier alpha value is -1.69. The van der Waals surface area contributed by atoms with E-state index in [2.05, 4.69) is 52.7 Å². The van der Waals surface area contributed by atoms with E-state index in [9.17, 15) is 9.90 Å². The second-order valence-corrected chi connectivity index (χ2v) is 14.7. The molecule has 0 spiro atoms. The minimum atomic E-state index is -1.47. The number of hydrogen-bond acceptors (Lipinski definition) is 3. The summed E-state index contributed by atoms with van der Waals surface area (Å²) in [6.45, 7) is 14.1. The summed E-state index contributed by atoms with van der Waals surface area (Å²) in [6, 6.07) is 8.16. The van der Waals surface area contributed by atoms with Gasteiger partial charge in [-0.3, -0.25) is 9.93 Å². The van der Waals surface area contributed by atoms with Crippen LogP contribution in [-0.4, -0.2) is 35.7 Å². The molecule has 2 aromatic rings. The third-order valence-corrected chi connectivity index (χ3v) is 8.93. The first-order valence-electron chi connectivity index (χ1n) is 11.7. The fourth-order valence-electron chi connectivity index (χ4n) is 4.95. The normalized spacial score (nSPS) is 23.7. The highest BCUT2D eigenvalue weighted by atomic mass is 35.5. The van der Waals surface area contributed by atoms with Gasteiger partial charge in [-0.15, -0.1) is 0 Å². The number of benzene rings is 2. The summed E-state index contributed by atoms with van der Waals surface area (Å²) in [5, 5.41) is 17.2. The van der Waals surface area contributed by atoms with Gasteiger partial charge in [0.05, 0.1) is 12.1 Å². The quantitative estimate of drug-likeness (QED) is 0.495. The molecule has 33 heavy (non-hydrogen) atoms. The summed E-state index contributed by atoms with van der Waals surface area (Å²) in [7, 11) is -1.47. The molecule has 0 bridgehead atoms. The van der Waals surface area contributed by atoms with Crippen LogP contribution in [0.3, 0.4) is 0 Å². The highest BCUT2D eigenvalue weighted by Gasteiger charge is 2.39. The van der Waals surface area contributed by atoms with Crippen LogP contribution in [0.2, 0.25) is 5.02 Å². The van der Waals surface area contributed by atoms with Crippen LogP contribution < -0.4 is 10.0 Å². The van der Waals surface area contributed by atoms with Crippen LogP contribution in [0.1, 0.15) is 57.7 Å². The maximum Gasteiger partial charge on any atom is 0.307 e. The van der Waals surface area contributed by atoms with Gasteiger partial charge in [0.2, 0.25) is 0 Å². The highest BCUT2D eigenvalue weighted by molar-refractivity contribution is 8.31. The van der Waals surface area contributed by atoms with Gasteiger partial charge in [0.1, 0.15) is 0 Å². The Morgan fingerprint density at radius 3 is 2.36 bits per heavy atom. The molecule has 2 aliphatic heterocycles. The Labute approximate surface area is 206 Å². The van der Waals surface area contributed by atoms with Crippen molar-refractivity contribution in [3.63, 3.8) is 0 Å². The number of nitrogens with two attached hydrogens (primary N) is 1. The summed E-state index contributed by atoms with van der Waals surface area (Å²) in [4.78, 5) is 15.5.